The van der Waals surface area contributed by atoms with Crippen molar-refractivity contribution in [3.63, 3.8) is 0 Å². The molecule has 0 unspecified atom stereocenters. The highest BCUT2D eigenvalue weighted by molar-refractivity contribution is 7.92. The molecule has 0 aliphatic carbocycles. The number of nitrogens with zero attached hydrogens (tertiary/aromatic N) is 4. The molecular weight excluding hydrogens is 537 g/mol. The molecule has 0 amide bonds. The maximum absolute atomic E-state index is 12.9. The number of hydrogen-bond donors (Lipinski definition) is 1. The van der Waals surface area contributed by atoms with E-state index in [0.29, 0.717) is 38.2 Å². The Kier molecular flexibility index (Phi) is 6.06. The van der Waals surface area contributed by atoms with E-state index >= 15 is 0 Å². The zero-order valence-electron chi connectivity index (χ0n) is 17.7. The van der Waals surface area contributed by atoms with Crippen molar-refractivity contribution in [2.45, 2.75) is 4.90 Å². The summed E-state index contributed by atoms with van der Waals surface area (Å²) in [7, 11) is -2.58. The summed E-state index contributed by atoms with van der Waals surface area (Å²) in [4.78, 5) is 4.41. The number of rotatable bonds is 6. The molecule has 35 heavy (non-hydrogen) atoms. The molecule has 0 saturated heterocycles. The summed E-state index contributed by atoms with van der Waals surface area (Å²) in [5.41, 5.74) is 1.86. The van der Waals surface area contributed by atoms with E-state index in [4.69, 9.17) is 44.3 Å². The summed E-state index contributed by atoms with van der Waals surface area (Å²) in [5.74, 6) is 0.749. The van der Waals surface area contributed by atoms with E-state index in [1.54, 1.807) is 46.9 Å². The summed E-state index contributed by atoms with van der Waals surface area (Å²) >= 11 is 18.3. The molecule has 2 heterocycles. The van der Waals surface area contributed by atoms with Crippen molar-refractivity contribution in [2.24, 2.45) is 0 Å². The van der Waals surface area contributed by atoms with Gasteiger partial charge < -0.3 is 9.47 Å². The summed E-state index contributed by atoms with van der Waals surface area (Å²) in [6.07, 6.45) is 1.51. The van der Waals surface area contributed by atoms with E-state index in [9.17, 15) is 8.42 Å². The summed E-state index contributed by atoms with van der Waals surface area (Å²) in [6, 6.07) is 13.9. The van der Waals surface area contributed by atoms with Crippen molar-refractivity contribution in [3.05, 3.63) is 76.0 Å². The van der Waals surface area contributed by atoms with Gasteiger partial charge in [-0.05, 0) is 54.6 Å². The Morgan fingerprint density at radius 1 is 0.971 bits per heavy atom. The number of hydrogen-bond acceptors (Lipinski definition) is 7. The van der Waals surface area contributed by atoms with Crippen LogP contribution in [0, 0.1) is 0 Å². The first-order chi connectivity index (χ1) is 16.7. The first-order valence-electron chi connectivity index (χ1n) is 9.88. The number of benzene rings is 3. The molecule has 9 nitrogen and oxygen atoms in total. The standard InChI is InChI=1S/C22H14Cl3N5O4S/c1-33-19-7-2-12(23)8-20(19)35(31,32)29-13-3-5-14(6-4-13)34-22-21-28-26-11-30(21)18-10-16(25)15(24)9-17(18)27-22/h2-11,29H,1H3. The molecule has 1 N–H and O–H groups in total. The van der Waals surface area contributed by atoms with Gasteiger partial charge in [0.25, 0.3) is 15.9 Å². The fourth-order valence-corrected chi connectivity index (χ4v) is 5.17. The molecular formula is C22H14Cl3N5O4S. The minimum atomic E-state index is -3.96. The molecule has 0 aliphatic rings. The molecule has 5 aromatic rings. The monoisotopic (exact) mass is 549 g/mol. The highest BCUT2D eigenvalue weighted by Gasteiger charge is 2.20. The number of methoxy groups -OCH3 is 1. The quantitative estimate of drug-likeness (QED) is 0.283. The molecule has 0 bridgehead atoms. The number of aromatic nitrogens is 4. The Bertz CT molecular complexity index is 1690. The Labute approximate surface area is 214 Å². The molecule has 0 spiro atoms. The van der Waals surface area contributed by atoms with Crippen molar-refractivity contribution in [1.82, 2.24) is 19.6 Å². The van der Waals surface area contributed by atoms with Crippen LogP contribution in [0.3, 0.4) is 0 Å². The van der Waals surface area contributed by atoms with Crippen molar-refractivity contribution in [1.29, 1.82) is 0 Å². The lowest BCUT2D eigenvalue weighted by atomic mass is 10.3. The average molecular weight is 551 g/mol. The maximum Gasteiger partial charge on any atom is 0.266 e. The number of nitrogens with one attached hydrogen (secondary N) is 1. The zero-order chi connectivity index (χ0) is 24.7. The second kappa shape index (κ2) is 9.04. The van der Waals surface area contributed by atoms with Crippen LogP contribution in [0.15, 0.2) is 65.8 Å². The molecule has 178 valence electrons. The Hall–Kier alpha value is -3.31. The largest absolute Gasteiger partial charge is 0.495 e. The van der Waals surface area contributed by atoms with Gasteiger partial charge in [-0.25, -0.2) is 13.4 Å². The number of sulfonamides is 1. The summed E-state index contributed by atoms with van der Waals surface area (Å²) in [6.45, 7) is 0. The van der Waals surface area contributed by atoms with Crippen molar-refractivity contribution in [2.75, 3.05) is 11.8 Å². The normalized spacial score (nSPS) is 11.7. The van der Waals surface area contributed by atoms with Crippen molar-refractivity contribution < 1.29 is 17.9 Å². The number of halogens is 3. The van der Waals surface area contributed by atoms with Gasteiger partial charge in [-0.1, -0.05) is 34.8 Å². The molecule has 2 aromatic heterocycles. The lowest BCUT2D eigenvalue weighted by Gasteiger charge is -2.13. The minimum absolute atomic E-state index is 0.0823. The predicted molar refractivity (Wildman–Crippen MR) is 134 cm³/mol. The van der Waals surface area contributed by atoms with Crippen LogP contribution >= 0.6 is 34.8 Å². The van der Waals surface area contributed by atoms with Crippen LogP contribution in [0.1, 0.15) is 0 Å². The first-order valence-corrected chi connectivity index (χ1v) is 12.5. The van der Waals surface area contributed by atoms with Gasteiger partial charge in [0.15, 0.2) is 0 Å². The SMILES string of the molecule is COc1ccc(Cl)cc1S(=O)(=O)Nc1ccc(Oc2nc3cc(Cl)c(Cl)cc3n3cnnc23)cc1. The molecule has 0 aliphatic heterocycles. The molecule has 0 saturated carbocycles. The van der Waals surface area contributed by atoms with E-state index in [0.717, 1.165) is 0 Å². The maximum atomic E-state index is 12.9. The van der Waals surface area contributed by atoms with Crippen LogP contribution in [-0.4, -0.2) is 35.1 Å². The lowest BCUT2D eigenvalue weighted by molar-refractivity contribution is 0.403. The molecule has 13 heteroatoms. The van der Waals surface area contributed by atoms with Gasteiger partial charge in [0.1, 0.15) is 22.7 Å². The second-order valence-corrected chi connectivity index (χ2v) is 10.1. The lowest BCUT2D eigenvalue weighted by Crippen LogP contribution is -2.14. The van der Waals surface area contributed by atoms with Crippen molar-refractivity contribution >= 4 is 67.2 Å². The van der Waals surface area contributed by atoms with Crippen LogP contribution in [0.2, 0.25) is 15.1 Å². The Morgan fingerprint density at radius 3 is 2.46 bits per heavy atom. The number of fused-ring (bicyclic) bond motifs is 3. The molecule has 0 atom stereocenters. The van der Waals surface area contributed by atoms with Gasteiger partial charge in [0.2, 0.25) is 5.65 Å². The topological polar surface area (TPSA) is 108 Å². The Balaban J connectivity index is 1.43. The highest BCUT2D eigenvalue weighted by Crippen LogP contribution is 2.33. The van der Waals surface area contributed by atoms with Crippen LogP contribution in [0.5, 0.6) is 17.4 Å². The van der Waals surface area contributed by atoms with E-state index in [2.05, 4.69) is 19.9 Å². The van der Waals surface area contributed by atoms with Crippen molar-refractivity contribution in [3.8, 4) is 17.4 Å². The first kappa shape index (κ1) is 23.4. The van der Waals surface area contributed by atoms with Crippen LogP contribution in [-0.2, 0) is 10.0 Å². The van der Waals surface area contributed by atoms with E-state index in [-0.39, 0.29) is 21.5 Å². The molecule has 0 fully saturated rings. The van der Waals surface area contributed by atoms with Gasteiger partial charge in [-0.3, -0.25) is 9.12 Å². The second-order valence-electron chi connectivity index (χ2n) is 7.22. The van der Waals surface area contributed by atoms with E-state index < -0.39 is 10.0 Å². The van der Waals surface area contributed by atoms with Gasteiger partial charge in [0.05, 0.1) is 28.2 Å². The van der Waals surface area contributed by atoms with E-state index in [1.807, 2.05) is 0 Å². The minimum Gasteiger partial charge on any atom is -0.495 e. The van der Waals surface area contributed by atoms with Crippen LogP contribution < -0.4 is 14.2 Å². The third-order valence-corrected chi connectivity index (χ3v) is 7.33. The Morgan fingerprint density at radius 2 is 1.71 bits per heavy atom. The van der Waals surface area contributed by atoms with Gasteiger partial charge in [-0.2, -0.15) is 0 Å². The molecule has 5 rings (SSSR count). The van der Waals surface area contributed by atoms with Gasteiger partial charge in [-0.15, -0.1) is 10.2 Å². The highest BCUT2D eigenvalue weighted by atomic mass is 35.5. The third kappa shape index (κ3) is 4.53. The predicted octanol–water partition coefficient (Wildman–Crippen LogP) is 5.84. The van der Waals surface area contributed by atoms with Crippen LogP contribution in [0.25, 0.3) is 16.7 Å². The summed E-state index contributed by atoms with van der Waals surface area (Å²) < 4.78 is 41.0. The van der Waals surface area contributed by atoms with Crippen LogP contribution in [0.4, 0.5) is 5.69 Å². The summed E-state index contributed by atoms with van der Waals surface area (Å²) in [5, 5.41) is 8.99. The number of anilines is 1. The fourth-order valence-electron chi connectivity index (χ4n) is 3.37. The molecule has 3 aromatic carbocycles. The smallest absolute Gasteiger partial charge is 0.266 e. The molecule has 0 radical (unpaired) electrons. The van der Waals surface area contributed by atoms with Gasteiger partial charge >= 0.3 is 0 Å². The average Bonchev–Trinajstić information content (AvgIpc) is 3.32. The van der Waals surface area contributed by atoms with E-state index in [1.165, 1.54) is 25.6 Å². The zero-order valence-corrected chi connectivity index (χ0v) is 20.8. The third-order valence-electron chi connectivity index (χ3n) is 4.97. The van der Waals surface area contributed by atoms with Gasteiger partial charge in [0, 0.05) is 10.7 Å². The number of ether oxygens (including phenoxy) is 2. The fraction of sp³-hybridized carbons (Fsp3) is 0.0455.